The Bertz CT molecular complexity index is 578. The van der Waals surface area contributed by atoms with E-state index in [4.69, 9.17) is 11.6 Å². The second-order valence-corrected chi connectivity index (χ2v) is 5.60. The number of fused-ring (bicyclic) bond motifs is 1. The molecule has 0 aromatic heterocycles. The van der Waals surface area contributed by atoms with Crippen molar-refractivity contribution in [3.63, 3.8) is 0 Å². The maximum atomic E-state index is 12.6. The summed E-state index contributed by atoms with van der Waals surface area (Å²) in [6.07, 6.45) is 0.968. The Labute approximate surface area is 120 Å². The second kappa shape index (κ2) is 5.03. The summed E-state index contributed by atoms with van der Waals surface area (Å²) in [6, 6.07) is 4.16. The smallest absolute Gasteiger partial charge is 0.270 e. The number of benzene rings is 1. The first kappa shape index (κ1) is 13.3. The van der Waals surface area contributed by atoms with Gasteiger partial charge in [-0.05, 0) is 18.4 Å². The summed E-state index contributed by atoms with van der Waals surface area (Å²) in [5, 5.41) is 14.3. The van der Waals surface area contributed by atoms with Gasteiger partial charge in [-0.15, -0.1) is 0 Å². The van der Waals surface area contributed by atoms with E-state index in [0.717, 1.165) is 19.5 Å². The maximum absolute atomic E-state index is 12.6. The Kier molecular flexibility index (Phi) is 3.35. The quantitative estimate of drug-likeness (QED) is 0.665. The number of halogens is 1. The molecular formula is C13H14ClN3O3. The molecule has 0 saturated carbocycles. The molecule has 1 amide bonds. The van der Waals surface area contributed by atoms with E-state index < -0.39 is 4.92 Å². The molecule has 1 aromatic rings. The van der Waals surface area contributed by atoms with Crippen molar-refractivity contribution in [1.82, 2.24) is 10.2 Å². The molecule has 2 aliphatic rings. The van der Waals surface area contributed by atoms with E-state index in [1.807, 2.05) is 0 Å². The van der Waals surface area contributed by atoms with Gasteiger partial charge in [0, 0.05) is 37.8 Å². The minimum absolute atomic E-state index is 0.113. The third-order valence-electron chi connectivity index (χ3n) is 4.10. The van der Waals surface area contributed by atoms with Crippen LogP contribution >= 0.6 is 11.6 Å². The van der Waals surface area contributed by atoms with Gasteiger partial charge in [0.05, 0.1) is 15.5 Å². The fourth-order valence-electron chi connectivity index (χ4n) is 3.05. The van der Waals surface area contributed by atoms with Gasteiger partial charge in [0.25, 0.3) is 11.6 Å². The lowest BCUT2D eigenvalue weighted by molar-refractivity contribution is -0.384. The molecule has 2 fully saturated rings. The number of rotatable bonds is 2. The van der Waals surface area contributed by atoms with Gasteiger partial charge in [-0.1, -0.05) is 11.6 Å². The summed E-state index contributed by atoms with van der Waals surface area (Å²) in [7, 11) is 0. The highest BCUT2D eigenvalue weighted by Crippen LogP contribution is 2.31. The molecule has 2 atom stereocenters. The Hall–Kier alpha value is -1.66. The Morgan fingerprint density at radius 2 is 2.25 bits per heavy atom. The van der Waals surface area contributed by atoms with Crippen LogP contribution in [-0.2, 0) is 0 Å². The van der Waals surface area contributed by atoms with Crippen LogP contribution in [0.3, 0.4) is 0 Å². The third kappa shape index (κ3) is 2.14. The monoisotopic (exact) mass is 295 g/mol. The Morgan fingerprint density at radius 1 is 1.45 bits per heavy atom. The van der Waals surface area contributed by atoms with E-state index in [9.17, 15) is 14.9 Å². The minimum atomic E-state index is -0.517. The molecule has 0 aliphatic carbocycles. The van der Waals surface area contributed by atoms with Gasteiger partial charge in [-0.2, -0.15) is 0 Å². The predicted octanol–water partition coefficient (Wildman–Crippen LogP) is 1.68. The normalized spacial score (nSPS) is 24.8. The molecule has 7 heteroatoms. The van der Waals surface area contributed by atoms with E-state index >= 15 is 0 Å². The zero-order chi connectivity index (χ0) is 14.3. The van der Waals surface area contributed by atoms with Crippen LogP contribution in [0.25, 0.3) is 0 Å². The van der Waals surface area contributed by atoms with Crippen LogP contribution in [-0.4, -0.2) is 41.4 Å². The van der Waals surface area contributed by atoms with E-state index in [-0.39, 0.29) is 28.2 Å². The number of nitrogens with one attached hydrogen (secondary N) is 1. The van der Waals surface area contributed by atoms with Crippen LogP contribution in [0.15, 0.2) is 18.2 Å². The van der Waals surface area contributed by atoms with Crippen molar-refractivity contribution in [2.24, 2.45) is 5.92 Å². The van der Waals surface area contributed by atoms with Crippen molar-refractivity contribution in [3.05, 3.63) is 38.9 Å². The summed E-state index contributed by atoms with van der Waals surface area (Å²) in [5.41, 5.74) is 0.103. The molecular weight excluding hydrogens is 282 g/mol. The van der Waals surface area contributed by atoms with E-state index in [0.29, 0.717) is 12.5 Å². The van der Waals surface area contributed by atoms with Crippen LogP contribution in [0.5, 0.6) is 0 Å². The molecule has 106 valence electrons. The van der Waals surface area contributed by atoms with Gasteiger partial charge < -0.3 is 10.2 Å². The average Bonchev–Trinajstić information content (AvgIpc) is 3.00. The number of nitro groups is 1. The molecule has 6 nitrogen and oxygen atoms in total. The van der Waals surface area contributed by atoms with Crippen molar-refractivity contribution < 1.29 is 9.72 Å². The molecule has 20 heavy (non-hydrogen) atoms. The van der Waals surface area contributed by atoms with E-state index in [2.05, 4.69) is 5.32 Å². The number of nitro benzene ring substituents is 1. The summed E-state index contributed by atoms with van der Waals surface area (Å²) < 4.78 is 0. The van der Waals surface area contributed by atoms with Gasteiger partial charge in [0.1, 0.15) is 0 Å². The van der Waals surface area contributed by atoms with Crippen molar-refractivity contribution in [3.8, 4) is 0 Å². The number of hydrogen-bond donors (Lipinski definition) is 1. The molecule has 2 saturated heterocycles. The van der Waals surface area contributed by atoms with Crippen molar-refractivity contribution in [2.75, 3.05) is 19.6 Å². The molecule has 1 aromatic carbocycles. The summed E-state index contributed by atoms with van der Waals surface area (Å²) in [6.45, 7) is 2.40. The lowest BCUT2D eigenvalue weighted by Crippen LogP contribution is -2.39. The first-order valence-electron chi connectivity index (χ1n) is 6.53. The molecule has 0 spiro atoms. The van der Waals surface area contributed by atoms with Gasteiger partial charge in [-0.25, -0.2) is 0 Å². The van der Waals surface area contributed by atoms with Gasteiger partial charge >= 0.3 is 0 Å². The van der Waals surface area contributed by atoms with E-state index in [1.54, 1.807) is 4.90 Å². The minimum Gasteiger partial charge on any atom is -0.334 e. The van der Waals surface area contributed by atoms with Crippen LogP contribution in [0.1, 0.15) is 16.8 Å². The zero-order valence-corrected chi connectivity index (χ0v) is 11.5. The van der Waals surface area contributed by atoms with Crippen molar-refractivity contribution in [2.45, 2.75) is 12.5 Å². The van der Waals surface area contributed by atoms with Gasteiger partial charge in [0.15, 0.2) is 0 Å². The number of nitrogens with zero attached hydrogens (tertiary/aromatic N) is 2. The highest BCUT2D eigenvalue weighted by Gasteiger charge is 2.40. The topological polar surface area (TPSA) is 75.5 Å². The lowest BCUT2D eigenvalue weighted by Gasteiger charge is -2.23. The summed E-state index contributed by atoms with van der Waals surface area (Å²) >= 11 is 6.03. The van der Waals surface area contributed by atoms with Crippen LogP contribution in [0, 0.1) is 16.0 Å². The van der Waals surface area contributed by atoms with Gasteiger partial charge in [-0.3, -0.25) is 14.9 Å². The SMILES string of the molecule is O=C(c1cc([N+](=O)[O-])ccc1Cl)N1CC[C@H]2CNC[C@H]21. The first-order chi connectivity index (χ1) is 9.58. The second-order valence-electron chi connectivity index (χ2n) is 5.19. The summed E-state index contributed by atoms with van der Waals surface area (Å²) in [5.74, 6) is 0.270. The van der Waals surface area contributed by atoms with E-state index in [1.165, 1.54) is 18.2 Å². The Morgan fingerprint density at radius 3 is 3.00 bits per heavy atom. The number of non-ortho nitro benzene ring substituents is 1. The van der Waals surface area contributed by atoms with Gasteiger partial charge in [0.2, 0.25) is 0 Å². The Balaban J connectivity index is 1.90. The molecule has 0 unspecified atom stereocenters. The maximum Gasteiger partial charge on any atom is 0.270 e. The number of likely N-dealkylation sites (tertiary alicyclic amines) is 1. The predicted molar refractivity (Wildman–Crippen MR) is 73.9 cm³/mol. The number of carbonyl (C=O) groups is 1. The molecule has 2 aliphatic heterocycles. The zero-order valence-electron chi connectivity index (χ0n) is 10.7. The number of carbonyl (C=O) groups excluding carboxylic acids is 1. The molecule has 3 rings (SSSR count). The number of amides is 1. The molecule has 1 N–H and O–H groups in total. The third-order valence-corrected chi connectivity index (χ3v) is 4.43. The van der Waals surface area contributed by atoms with Crippen LogP contribution < -0.4 is 5.32 Å². The largest absolute Gasteiger partial charge is 0.334 e. The summed E-state index contributed by atoms with van der Waals surface area (Å²) in [4.78, 5) is 24.7. The highest BCUT2D eigenvalue weighted by atomic mass is 35.5. The lowest BCUT2D eigenvalue weighted by atomic mass is 10.0. The van der Waals surface area contributed by atoms with Crippen LogP contribution in [0.4, 0.5) is 5.69 Å². The number of hydrogen-bond acceptors (Lipinski definition) is 4. The molecule has 2 heterocycles. The fraction of sp³-hybridized carbons (Fsp3) is 0.462. The van der Waals surface area contributed by atoms with Crippen molar-refractivity contribution >= 4 is 23.2 Å². The fourth-order valence-corrected chi connectivity index (χ4v) is 3.25. The van der Waals surface area contributed by atoms with Crippen LogP contribution in [0.2, 0.25) is 5.02 Å². The molecule has 0 radical (unpaired) electrons. The molecule has 0 bridgehead atoms. The highest BCUT2D eigenvalue weighted by molar-refractivity contribution is 6.34. The standard InChI is InChI=1S/C13H14ClN3O3/c14-11-2-1-9(17(19)20)5-10(11)13(18)16-4-3-8-6-15-7-12(8)16/h1-2,5,8,12,15H,3-4,6-7H2/t8-,12+/m0/s1. The first-order valence-corrected chi connectivity index (χ1v) is 6.91. The average molecular weight is 296 g/mol. The van der Waals surface area contributed by atoms with Crippen molar-refractivity contribution in [1.29, 1.82) is 0 Å².